The Hall–Kier alpha value is -1.56. The molecule has 0 aliphatic heterocycles. The molecule has 56 valence electrons. The van der Waals surface area contributed by atoms with Crippen molar-refractivity contribution in [3.63, 3.8) is 0 Å². The van der Waals surface area contributed by atoms with Crippen LogP contribution in [0.2, 0.25) is 0 Å². The van der Waals surface area contributed by atoms with Crippen molar-refractivity contribution in [1.82, 2.24) is 0 Å². The largest absolute Gasteiger partial charge is 0.472 e. The lowest BCUT2D eigenvalue weighted by Crippen LogP contribution is -1.96. The Bertz CT molecular complexity index is 306. The molecule has 11 heavy (non-hydrogen) atoms. The summed E-state index contributed by atoms with van der Waals surface area (Å²) in [6.45, 7) is 1.77. The SMILES string of the molecule is Cc1cocc1C(=O)CC#N. The van der Waals surface area contributed by atoms with E-state index < -0.39 is 0 Å². The van der Waals surface area contributed by atoms with Gasteiger partial charge in [0.15, 0.2) is 5.78 Å². The highest BCUT2D eigenvalue weighted by atomic mass is 16.3. The van der Waals surface area contributed by atoms with Crippen molar-refractivity contribution in [3.8, 4) is 6.07 Å². The van der Waals surface area contributed by atoms with Gasteiger partial charge in [-0.05, 0) is 12.5 Å². The second kappa shape index (κ2) is 3.02. The fraction of sp³-hybridized carbons (Fsp3) is 0.250. The number of furan rings is 1. The molecule has 1 aromatic heterocycles. The monoisotopic (exact) mass is 149 g/mol. The van der Waals surface area contributed by atoms with Gasteiger partial charge >= 0.3 is 0 Å². The molecule has 0 unspecified atom stereocenters. The molecule has 3 nitrogen and oxygen atoms in total. The topological polar surface area (TPSA) is 54.0 Å². The van der Waals surface area contributed by atoms with Gasteiger partial charge in [-0.25, -0.2) is 0 Å². The summed E-state index contributed by atoms with van der Waals surface area (Å²) in [5, 5.41) is 8.22. The molecule has 0 radical (unpaired) electrons. The maximum atomic E-state index is 11.0. The Morgan fingerprint density at radius 3 is 2.91 bits per heavy atom. The van der Waals surface area contributed by atoms with Crippen molar-refractivity contribution >= 4 is 5.78 Å². The Morgan fingerprint density at radius 1 is 1.73 bits per heavy atom. The molecule has 1 aromatic rings. The lowest BCUT2D eigenvalue weighted by Gasteiger charge is -1.89. The molecule has 0 spiro atoms. The maximum Gasteiger partial charge on any atom is 0.180 e. The third-order valence-corrected chi connectivity index (χ3v) is 1.40. The number of nitriles is 1. The number of Topliss-reactive ketones (excluding diaryl/α,β-unsaturated/α-hetero) is 1. The number of hydrogen-bond acceptors (Lipinski definition) is 3. The third-order valence-electron chi connectivity index (χ3n) is 1.40. The van der Waals surface area contributed by atoms with Gasteiger partial charge in [0.05, 0.1) is 24.3 Å². The van der Waals surface area contributed by atoms with Gasteiger partial charge in [0, 0.05) is 0 Å². The van der Waals surface area contributed by atoms with Crippen molar-refractivity contribution in [2.24, 2.45) is 0 Å². The van der Waals surface area contributed by atoms with E-state index in [0.717, 1.165) is 5.56 Å². The van der Waals surface area contributed by atoms with Gasteiger partial charge in [0.25, 0.3) is 0 Å². The van der Waals surface area contributed by atoms with Crippen LogP contribution >= 0.6 is 0 Å². The molecule has 3 heteroatoms. The highest BCUT2D eigenvalue weighted by molar-refractivity contribution is 5.98. The van der Waals surface area contributed by atoms with Crippen molar-refractivity contribution in [1.29, 1.82) is 5.26 Å². The molecule has 0 N–H and O–H groups in total. The summed E-state index contributed by atoms with van der Waals surface area (Å²) in [6, 6.07) is 1.79. The zero-order valence-electron chi connectivity index (χ0n) is 6.13. The van der Waals surface area contributed by atoms with Crippen molar-refractivity contribution in [3.05, 3.63) is 23.7 Å². The Morgan fingerprint density at radius 2 is 2.45 bits per heavy atom. The molecule has 0 aromatic carbocycles. The average molecular weight is 149 g/mol. The van der Waals surface area contributed by atoms with Gasteiger partial charge in [-0.1, -0.05) is 0 Å². The fourth-order valence-corrected chi connectivity index (χ4v) is 0.813. The van der Waals surface area contributed by atoms with Gasteiger partial charge in [0.2, 0.25) is 0 Å². The van der Waals surface area contributed by atoms with Gasteiger partial charge in [-0.15, -0.1) is 0 Å². The third kappa shape index (κ3) is 1.47. The van der Waals surface area contributed by atoms with E-state index in [1.165, 1.54) is 12.5 Å². The Kier molecular flexibility index (Phi) is 2.07. The highest BCUT2D eigenvalue weighted by Gasteiger charge is 2.09. The van der Waals surface area contributed by atoms with Gasteiger partial charge < -0.3 is 4.42 Å². The molecule has 0 fully saturated rings. The van der Waals surface area contributed by atoms with E-state index in [2.05, 4.69) is 0 Å². The smallest absolute Gasteiger partial charge is 0.180 e. The molecule has 0 saturated heterocycles. The summed E-state index contributed by atoms with van der Waals surface area (Å²) in [5.74, 6) is -0.182. The molecule has 0 saturated carbocycles. The number of aryl methyl sites for hydroxylation is 1. The predicted molar refractivity (Wildman–Crippen MR) is 38.0 cm³/mol. The predicted octanol–water partition coefficient (Wildman–Crippen LogP) is 1.68. The summed E-state index contributed by atoms with van der Waals surface area (Å²) in [7, 11) is 0. The number of ketones is 1. The fourth-order valence-electron chi connectivity index (χ4n) is 0.813. The van der Waals surface area contributed by atoms with E-state index >= 15 is 0 Å². The van der Waals surface area contributed by atoms with Crippen LogP contribution in [0.15, 0.2) is 16.9 Å². The van der Waals surface area contributed by atoms with E-state index in [4.69, 9.17) is 9.68 Å². The minimum atomic E-state index is -0.182. The van der Waals surface area contributed by atoms with Gasteiger partial charge in [0.1, 0.15) is 6.26 Å². The minimum absolute atomic E-state index is 0.0830. The van der Waals surface area contributed by atoms with E-state index in [9.17, 15) is 4.79 Å². The van der Waals surface area contributed by atoms with E-state index in [-0.39, 0.29) is 12.2 Å². The molecular weight excluding hydrogens is 142 g/mol. The highest BCUT2D eigenvalue weighted by Crippen LogP contribution is 2.10. The number of carbonyl (C=O) groups is 1. The molecular formula is C8H7NO2. The van der Waals surface area contributed by atoms with Crippen molar-refractivity contribution in [2.45, 2.75) is 13.3 Å². The first-order valence-electron chi connectivity index (χ1n) is 3.18. The van der Waals surface area contributed by atoms with Crippen LogP contribution in [0.3, 0.4) is 0 Å². The van der Waals surface area contributed by atoms with Crippen LogP contribution < -0.4 is 0 Å². The first kappa shape index (κ1) is 7.55. The minimum Gasteiger partial charge on any atom is -0.472 e. The van der Waals surface area contributed by atoms with E-state index in [0.29, 0.717) is 5.56 Å². The molecule has 0 bridgehead atoms. The van der Waals surface area contributed by atoms with Crippen LogP contribution in [0.4, 0.5) is 0 Å². The number of hydrogen-bond donors (Lipinski definition) is 0. The molecule has 1 heterocycles. The number of nitrogens with zero attached hydrogens (tertiary/aromatic N) is 1. The molecule has 0 atom stereocenters. The Balaban J connectivity index is 2.86. The molecule has 0 aliphatic carbocycles. The number of rotatable bonds is 2. The normalized spacial score (nSPS) is 9.09. The Labute approximate surface area is 64.2 Å². The quantitative estimate of drug-likeness (QED) is 0.601. The van der Waals surface area contributed by atoms with Crippen molar-refractivity contribution < 1.29 is 9.21 Å². The maximum absolute atomic E-state index is 11.0. The first-order valence-corrected chi connectivity index (χ1v) is 3.18. The number of carbonyl (C=O) groups excluding carboxylic acids is 1. The van der Waals surface area contributed by atoms with Crippen molar-refractivity contribution in [2.75, 3.05) is 0 Å². The van der Waals surface area contributed by atoms with Crippen LogP contribution in [0.5, 0.6) is 0 Å². The van der Waals surface area contributed by atoms with Crippen LogP contribution in [-0.4, -0.2) is 5.78 Å². The average Bonchev–Trinajstić information content (AvgIpc) is 2.36. The first-order chi connectivity index (χ1) is 5.25. The van der Waals surface area contributed by atoms with Crippen LogP contribution in [-0.2, 0) is 0 Å². The standard InChI is InChI=1S/C8H7NO2/c1-6-4-11-5-7(6)8(10)2-3-9/h4-5H,2H2,1H3. The van der Waals surface area contributed by atoms with Gasteiger partial charge in [-0.3, -0.25) is 4.79 Å². The summed E-state index contributed by atoms with van der Waals surface area (Å²) in [4.78, 5) is 11.0. The van der Waals surface area contributed by atoms with Gasteiger partial charge in [-0.2, -0.15) is 5.26 Å². The van der Waals surface area contributed by atoms with Crippen LogP contribution in [0.25, 0.3) is 0 Å². The van der Waals surface area contributed by atoms with Crippen LogP contribution in [0.1, 0.15) is 22.3 Å². The molecule has 0 amide bonds. The second-order valence-electron chi connectivity index (χ2n) is 2.23. The summed E-state index contributed by atoms with van der Waals surface area (Å²) in [6.07, 6.45) is 2.78. The van der Waals surface area contributed by atoms with E-state index in [1.807, 2.05) is 0 Å². The summed E-state index contributed by atoms with van der Waals surface area (Å²) >= 11 is 0. The van der Waals surface area contributed by atoms with Crippen LogP contribution in [0, 0.1) is 18.3 Å². The summed E-state index contributed by atoms with van der Waals surface area (Å²) in [5.41, 5.74) is 1.29. The van der Waals surface area contributed by atoms with E-state index in [1.54, 1.807) is 13.0 Å². The zero-order valence-corrected chi connectivity index (χ0v) is 6.13. The summed E-state index contributed by atoms with van der Waals surface area (Å²) < 4.78 is 4.78. The second-order valence-corrected chi connectivity index (χ2v) is 2.23. The lowest BCUT2D eigenvalue weighted by atomic mass is 10.1. The lowest BCUT2D eigenvalue weighted by molar-refractivity contribution is 0.0996. The zero-order chi connectivity index (χ0) is 8.27. The molecule has 0 aliphatic rings. The molecule has 1 rings (SSSR count).